The van der Waals surface area contributed by atoms with Crippen LogP contribution >= 0.6 is 22.9 Å². The van der Waals surface area contributed by atoms with Crippen LogP contribution < -0.4 is 10.6 Å². The van der Waals surface area contributed by atoms with Crippen molar-refractivity contribution in [2.24, 2.45) is 0 Å². The molecule has 17 heavy (non-hydrogen) atoms. The molecule has 92 valence electrons. The zero-order chi connectivity index (χ0) is 12.4. The van der Waals surface area contributed by atoms with Crippen LogP contribution in [0.25, 0.3) is 0 Å². The third kappa shape index (κ3) is 2.96. The van der Waals surface area contributed by atoms with E-state index in [-0.39, 0.29) is 11.9 Å². The highest BCUT2D eigenvalue weighted by atomic mass is 35.5. The van der Waals surface area contributed by atoms with Crippen LogP contribution in [0.2, 0.25) is 4.34 Å². The normalized spacial score (nSPS) is 23.6. The van der Waals surface area contributed by atoms with Gasteiger partial charge in [-0.3, -0.25) is 9.59 Å². The summed E-state index contributed by atoms with van der Waals surface area (Å²) in [5, 5.41) is 14.4. The first-order valence-corrected chi connectivity index (χ1v) is 6.28. The quantitative estimate of drug-likeness (QED) is 0.767. The van der Waals surface area contributed by atoms with E-state index in [1.54, 1.807) is 12.1 Å². The fourth-order valence-corrected chi connectivity index (χ4v) is 2.67. The molecule has 1 saturated heterocycles. The molecule has 1 aromatic rings. The number of carbonyl (C=O) groups excluding carboxylic acids is 1. The standard InChI is InChI=1S/C10H11ClN2O3S/c11-8-2-1-7(17-8)9(14)13-5-3-6(10(15)16)12-4-5/h1-2,5-6,12H,3-4H2,(H,13,14)(H,15,16). The molecule has 7 heteroatoms. The third-order valence-electron chi connectivity index (χ3n) is 2.56. The lowest BCUT2D eigenvalue weighted by molar-refractivity contribution is -0.139. The Morgan fingerprint density at radius 2 is 2.29 bits per heavy atom. The Morgan fingerprint density at radius 3 is 2.82 bits per heavy atom. The van der Waals surface area contributed by atoms with Gasteiger partial charge in [-0.15, -0.1) is 11.3 Å². The van der Waals surface area contributed by atoms with Gasteiger partial charge in [0.25, 0.3) is 5.91 Å². The van der Waals surface area contributed by atoms with E-state index in [2.05, 4.69) is 10.6 Å². The number of hydrogen-bond acceptors (Lipinski definition) is 4. The van der Waals surface area contributed by atoms with E-state index in [9.17, 15) is 9.59 Å². The number of amides is 1. The predicted molar refractivity (Wildman–Crippen MR) is 64.6 cm³/mol. The minimum absolute atomic E-state index is 0.149. The lowest BCUT2D eigenvalue weighted by Gasteiger charge is -2.10. The van der Waals surface area contributed by atoms with E-state index in [4.69, 9.17) is 16.7 Å². The van der Waals surface area contributed by atoms with Crippen molar-refractivity contribution in [3.63, 3.8) is 0 Å². The summed E-state index contributed by atoms with van der Waals surface area (Å²) in [7, 11) is 0. The van der Waals surface area contributed by atoms with Crippen molar-refractivity contribution in [2.45, 2.75) is 18.5 Å². The van der Waals surface area contributed by atoms with Gasteiger partial charge in [0.1, 0.15) is 6.04 Å². The van der Waals surface area contributed by atoms with Crippen molar-refractivity contribution in [3.05, 3.63) is 21.3 Å². The van der Waals surface area contributed by atoms with E-state index in [1.165, 1.54) is 11.3 Å². The molecular weight excluding hydrogens is 264 g/mol. The Morgan fingerprint density at radius 1 is 1.53 bits per heavy atom. The maximum absolute atomic E-state index is 11.8. The fraction of sp³-hybridized carbons (Fsp3) is 0.400. The van der Waals surface area contributed by atoms with Gasteiger partial charge in [-0.1, -0.05) is 11.6 Å². The van der Waals surface area contributed by atoms with Crippen molar-refractivity contribution in [2.75, 3.05) is 6.54 Å². The highest BCUT2D eigenvalue weighted by molar-refractivity contribution is 7.17. The van der Waals surface area contributed by atoms with Crippen LogP contribution in [0.5, 0.6) is 0 Å². The molecule has 1 aliphatic heterocycles. The van der Waals surface area contributed by atoms with E-state index in [1.807, 2.05) is 0 Å². The van der Waals surface area contributed by atoms with Gasteiger partial charge >= 0.3 is 5.97 Å². The topological polar surface area (TPSA) is 78.4 Å². The molecule has 3 N–H and O–H groups in total. The van der Waals surface area contributed by atoms with E-state index >= 15 is 0 Å². The molecule has 0 aliphatic carbocycles. The summed E-state index contributed by atoms with van der Waals surface area (Å²) < 4.78 is 0.558. The molecule has 0 aromatic carbocycles. The van der Waals surface area contributed by atoms with Crippen molar-refractivity contribution in [1.29, 1.82) is 0 Å². The van der Waals surface area contributed by atoms with Crippen molar-refractivity contribution >= 4 is 34.8 Å². The molecule has 1 amide bonds. The number of carboxylic acid groups (broad SMARTS) is 1. The van der Waals surface area contributed by atoms with Crippen LogP contribution in [0.3, 0.4) is 0 Å². The van der Waals surface area contributed by atoms with Crippen LogP contribution in [0.15, 0.2) is 12.1 Å². The highest BCUT2D eigenvalue weighted by Crippen LogP contribution is 2.21. The monoisotopic (exact) mass is 274 g/mol. The SMILES string of the molecule is O=C(NC1CNC(C(=O)O)C1)c1ccc(Cl)s1. The van der Waals surface area contributed by atoms with Gasteiger partial charge in [0.15, 0.2) is 0 Å². The molecule has 2 unspecified atom stereocenters. The molecule has 1 aromatic heterocycles. The Kier molecular flexibility index (Phi) is 3.66. The number of aliphatic carboxylic acids is 1. The third-order valence-corrected chi connectivity index (χ3v) is 3.79. The predicted octanol–water partition coefficient (Wildman–Crippen LogP) is 0.946. The summed E-state index contributed by atoms with van der Waals surface area (Å²) >= 11 is 6.94. The first-order chi connectivity index (χ1) is 8.06. The minimum atomic E-state index is -0.888. The second kappa shape index (κ2) is 5.03. The van der Waals surface area contributed by atoms with Crippen LogP contribution in [-0.2, 0) is 4.79 Å². The molecule has 2 rings (SSSR count). The summed E-state index contributed by atoms with van der Waals surface area (Å²) in [5.74, 6) is -1.10. The zero-order valence-corrected chi connectivity index (χ0v) is 10.3. The Hall–Kier alpha value is -1.11. The zero-order valence-electron chi connectivity index (χ0n) is 8.77. The molecule has 1 aliphatic rings. The highest BCUT2D eigenvalue weighted by Gasteiger charge is 2.30. The molecule has 5 nitrogen and oxygen atoms in total. The second-order valence-electron chi connectivity index (χ2n) is 3.81. The first kappa shape index (κ1) is 12.3. The maximum atomic E-state index is 11.8. The van der Waals surface area contributed by atoms with Gasteiger partial charge in [0.2, 0.25) is 0 Å². The lowest BCUT2D eigenvalue weighted by Crippen LogP contribution is -2.35. The summed E-state index contributed by atoms with van der Waals surface area (Å²) in [6.45, 7) is 0.474. The molecule has 0 spiro atoms. The summed E-state index contributed by atoms with van der Waals surface area (Å²) in [4.78, 5) is 23.0. The Balaban J connectivity index is 1.90. The Labute approximate surface area is 107 Å². The van der Waals surface area contributed by atoms with Gasteiger partial charge in [-0.25, -0.2) is 0 Å². The average molecular weight is 275 g/mol. The van der Waals surface area contributed by atoms with Crippen LogP contribution in [-0.4, -0.2) is 35.6 Å². The summed E-state index contributed by atoms with van der Waals surface area (Å²) in [6.07, 6.45) is 0.403. The van der Waals surface area contributed by atoms with Gasteiger partial charge in [-0.2, -0.15) is 0 Å². The van der Waals surface area contributed by atoms with Crippen molar-refractivity contribution in [1.82, 2.24) is 10.6 Å². The summed E-state index contributed by atoms with van der Waals surface area (Å²) in [5.41, 5.74) is 0. The molecular formula is C10H11ClN2O3S. The smallest absolute Gasteiger partial charge is 0.320 e. The molecule has 2 heterocycles. The average Bonchev–Trinajstić information content (AvgIpc) is 2.86. The maximum Gasteiger partial charge on any atom is 0.320 e. The number of carbonyl (C=O) groups is 2. The van der Waals surface area contributed by atoms with Gasteiger partial charge in [-0.05, 0) is 18.6 Å². The number of rotatable bonds is 3. The molecule has 2 atom stereocenters. The lowest BCUT2D eigenvalue weighted by atomic mass is 10.2. The van der Waals surface area contributed by atoms with Crippen LogP contribution in [0.1, 0.15) is 16.1 Å². The fourth-order valence-electron chi connectivity index (χ4n) is 1.73. The largest absolute Gasteiger partial charge is 0.480 e. The van der Waals surface area contributed by atoms with E-state index in [0.717, 1.165) is 0 Å². The second-order valence-corrected chi connectivity index (χ2v) is 5.52. The number of halogens is 1. The molecule has 0 bridgehead atoms. The van der Waals surface area contributed by atoms with Crippen molar-refractivity contribution in [3.8, 4) is 0 Å². The van der Waals surface area contributed by atoms with Crippen LogP contribution in [0, 0.1) is 0 Å². The number of carboxylic acids is 1. The van der Waals surface area contributed by atoms with Crippen molar-refractivity contribution < 1.29 is 14.7 Å². The molecule has 0 radical (unpaired) electrons. The van der Waals surface area contributed by atoms with E-state index < -0.39 is 12.0 Å². The molecule has 1 fully saturated rings. The minimum Gasteiger partial charge on any atom is -0.480 e. The number of nitrogens with one attached hydrogen (secondary N) is 2. The van der Waals surface area contributed by atoms with E-state index in [0.29, 0.717) is 22.2 Å². The van der Waals surface area contributed by atoms with Gasteiger partial charge in [0.05, 0.1) is 9.21 Å². The van der Waals surface area contributed by atoms with Gasteiger partial charge < -0.3 is 15.7 Å². The first-order valence-electron chi connectivity index (χ1n) is 5.08. The van der Waals surface area contributed by atoms with Gasteiger partial charge in [0, 0.05) is 12.6 Å². The number of thiophene rings is 1. The molecule has 0 saturated carbocycles. The Bertz CT molecular complexity index is 449. The van der Waals surface area contributed by atoms with Crippen LogP contribution in [0.4, 0.5) is 0 Å². The summed E-state index contributed by atoms with van der Waals surface area (Å²) in [6, 6.07) is 2.59. The number of hydrogen-bond donors (Lipinski definition) is 3.